The SMILES string of the molecule is CCNC(=NCc1csc(N(C)C)n1)N(C)Cc1cnn(-c2ccccc2)c1.I. The normalized spacial score (nSPS) is 11.1. The van der Waals surface area contributed by atoms with Crippen molar-refractivity contribution in [2.75, 3.05) is 32.6 Å². The predicted octanol–water partition coefficient (Wildman–Crippen LogP) is 3.61. The van der Waals surface area contributed by atoms with Crippen molar-refractivity contribution in [3.05, 3.63) is 59.4 Å². The molecule has 29 heavy (non-hydrogen) atoms. The molecule has 156 valence electrons. The molecular formula is C20H28IN7S. The van der Waals surface area contributed by atoms with Crippen LogP contribution < -0.4 is 10.2 Å². The Labute approximate surface area is 193 Å². The number of hydrogen-bond donors (Lipinski definition) is 1. The molecule has 7 nitrogen and oxygen atoms in total. The minimum atomic E-state index is 0. The van der Waals surface area contributed by atoms with E-state index in [4.69, 9.17) is 4.99 Å². The summed E-state index contributed by atoms with van der Waals surface area (Å²) in [6, 6.07) is 10.1. The molecule has 1 aromatic carbocycles. The zero-order valence-electron chi connectivity index (χ0n) is 17.2. The maximum Gasteiger partial charge on any atom is 0.194 e. The predicted molar refractivity (Wildman–Crippen MR) is 132 cm³/mol. The summed E-state index contributed by atoms with van der Waals surface area (Å²) < 4.78 is 1.89. The van der Waals surface area contributed by atoms with Crippen molar-refractivity contribution in [3.63, 3.8) is 0 Å². The van der Waals surface area contributed by atoms with Crippen LogP contribution in [0, 0.1) is 0 Å². The fourth-order valence-electron chi connectivity index (χ4n) is 2.71. The number of anilines is 1. The second kappa shape index (κ2) is 11.1. The van der Waals surface area contributed by atoms with Gasteiger partial charge < -0.3 is 15.1 Å². The first-order valence-electron chi connectivity index (χ1n) is 9.27. The van der Waals surface area contributed by atoms with Gasteiger partial charge in [-0.2, -0.15) is 5.10 Å². The second-order valence-corrected chi connectivity index (χ2v) is 7.51. The third-order valence-electron chi connectivity index (χ3n) is 4.09. The summed E-state index contributed by atoms with van der Waals surface area (Å²) in [6.07, 6.45) is 3.95. The maximum atomic E-state index is 4.75. The Hall–Kier alpha value is -2.14. The number of hydrogen-bond acceptors (Lipinski definition) is 5. The Morgan fingerprint density at radius 1 is 1.21 bits per heavy atom. The van der Waals surface area contributed by atoms with Gasteiger partial charge in [-0.05, 0) is 19.1 Å². The van der Waals surface area contributed by atoms with Crippen LogP contribution in [0.4, 0.5) is 5.13 Å². The Morgan fingerprint density at radius 2 is 1.97 bits per heavy atom. The summed E-state index contributed by atoms with van der Waals surface area (Å²) in [5, 5.41) is 10.9. The summed E-state index contributed by atoms with van der Waals surface area (Å²) in [5.74, 6) is 0.856. The van der Waals surface area contributed by atoms with Crippen molar-refractivity contribution in [1.29, 1.82) is 0 Å². The number of guanidine groups is 1. The van der Waals surface area contributed by atoms with Crippen LogP contribution in [0.5, 0.6) is 0 Å². The van der Waals surface area contributed by atoms with Crippen LogP contribution in [0.25, 0.3) is 5.69 Å². The monoisotopic (exact) mass is 525 g/mol. The maximum absolute atomic E-state index is 4.75. The van der Waals surface area contributed by atoms with Gasteiger partial charge in [-0.15, -0.1) is 35.3 Å². The van der Waals surface area contributed by atoms with Crippen LogP contribution in [0.15, 0.2) is 53.1 Å². The molecule has 0 saturated carbocycles. The molecule has 0 aliphatic rings. The first-order chi connectivity index (χ1) is 13.6. The number of rotatable bonds is 7. The van der Waals surface area contributed by atoms with Crippen molar-refractivity contribution in [2.24, 2.45) is 4.99 Å². The third-order valence-corrected chi connectivity index (χ3v) is 5.14. The number of aliphatic imine (C=N–C) groups is 1. The van der Waals surface area contributed by atoms with Gasteiger partial charge in [0.25, 0.3) is 0 Å². The van der Waals surface area contributed by atoms with E-state index >= 15 is 0 Å². The van der Waals surface area contributed by atoms with Gasteiger partial charge in [0.1, 0.15) is 0 Å². The fourth-order valence-corrected chi connectivity index (χ4v) is 3.46. The summed E-state index contributed by atoms with van der Waals surface area (Å²) in [5.41, 5.74) is 3.16. The van der Waals surface area contributed by atoms with Crippen molar-refractivity contribution in [3.8, 4) is 5.69 Å². The van der Waals surface area contributed by atoms with E-state index in [1.807, 2.05) is 67.3 Å². The number of nitrogens with zero attached hydrogens (tertiary/aromatic N) is 6. The largest absolute Gasteiger partial charge is 0.357 e. The van der Waals surface area contributed by atoms with E-state index < -0.39 is 0 Å². The van der Waals surface area contributed by atoms with E-state index in [1.54, 1.807) is 11.3 Å². The Balaban J connectivity index is 0.00000300. The molecule has 0 spiro atoms. The molecular weight excluding hydrogens is 497 g/mol. The van der Waals surface area contributed by atoms with Crippen LogP contribution in [-0.4, -0.2) is 53.3 Å². The molecule has 2 heterocycles. The lowest BCUT2D eigenvalue weighted by Crippen LogP contribution is -2.38. The number of aromatic nitrogens is 3. The highest BCUT2D eigenvalue weighted by atomic mass is 127. The molecule has 2 aromatic heterocycles. The average molecular weight is 525 g/mol. The Bertz CT molecular complexity index is 904. The summed E-state index contributed by atoms with van der Waals surface area (Å²) in [4.78, 5) is 13.5. The molecule has 0 aliphatic heterocycles. The van der Waals surface area contributed by atoms with E-state index in [0.717, 1.165) is 41.1 Å². The smallest absolute Gasteiger partial charge is 0.194 e. The number of para-hydroxylation sites is 1. The van der Waals surface area contributed by atoms with Gasteiger partial charge in [-0.25, -0.2) is 14.7 Å². The standard InChI is InChI=1S/C20H27N7S.HI/c1-5-21-19(22-12-17-15-28-20(24-17)25(2)3)26(4)13-16-11-23-27(14-16)18-9-7-6-8-10-18;/h6-11,14-15H,5,12-13H2,1-4H3,(H,21,22);1H. The van der Waals surface area contributed by atoms with Crippen LogP contribution in [0.3, 0.4) is 0 Å². The molecule has 3 rings (SSSR count). The molecule has 3 aromatic rings. The van der Waals surface area contributed by atoms with Crippen molar-refractivity contribution in [2.45, 2.75) is 20.0 Å². The quantitative estimate of drug-likeness (QED) is 0.290. The minimum absolute atomic E-state index is 0. The van der Waals surface area contributed by atoms with Gasteiger partial charge in [0, 0.05) is 51.4 Å². The fraction of sp³-hybridized carbons (Fsp3) is 0.350. The van der Waals surface area contributed by atoms with E-state index in [1.165, 1.54) is 0 Å². The molecule has 0 bridgehead atoms. The lowest BCUT2D eigenvalue weighted by atomic mass is 10.3. The van der Waals surface area contributed by atoms with Crippen LogP contribution in [0.1, 0.15) is 18.2 Å². The second-order valence-electron chi connectivity index (χ2n) is 6.67. The highest BCUT2D eigenvalue weighted by Crippen LogP contribution is 2.18. The van der Waals surface area contributed by atoms with E-state index in [2.05, 4.69) is 38.8 Å². The highest BCUT2D eigenvalue weighted by molar-refractivity contribution is 14.0. The zero-order chi connectivity index (χ0) is 19.9. The van der Waals surface area contributed by atoms with Gasteiger partial charge in [-0.1, -0.05) is 18.2 Å². The molecule has 0 aliphatic carbocycles. The zero-order valence-corrected chi connectivity index (χ0v) is 20.4. The molecule has 0 saturated heterocycles. The lowest BCUT2D eigenvalue weighted by molar-refractivity contribution is 0.476. The van der Waals surface area contributed by atoms with Crippen LogP contribution in [0.2, 0.25) is 0 Å². The third kappa shape index (κ3) is 6.43. The van der Waals surface area contributed by atoms with Gasteiger partial charge in [0.05, 0.1) is 24.1 Å². The Kier molecular flexibility index (Phi) is 8.90. The highest BCUT2D eigenvalue weighted by Gasteiger charge is 2.10. The molecule has 0 amide bonds. The first-order valence-corrected chi connectivity index (χ1v) is 10.1. The number of halogens is 1. The number of nitrogens with one attached hydrogen (secondary N) is 1. The van der Waals surface area contributed by atoms with Crippen LogP contribution >= 0.6 is 35.3 Å². The topological polar surface area (TPSA) is 61.6 Å². The number of benzene rings is 1. The molecule has 0 fully saturated rings. The average Bonchev–Trinajstić information content (AvgIpc) is 3.35. The van der Waals surface area contributed by atoms with Crippen LogP contribution in [-0.2, 0) is 13.1 Å². The first kappa shape index (κ1) is 23.1. The lowest BCUT2D eigenvalue weighted by Gasteiger charge is -2.21. The molecule has 9 heteroatoms. The number of thiazole rings is 1. The molecule has 0 radical (unpaired) electrons. The summed E-state index contributed by atoms with van der Waals surface area (Å²) in [6.45, 7) is 4.16. The van der Waals surface area contributed by atoms with Gasteiger partial charge >= 0.3 is 0 Å². The van der Waals surface area contributed by atoms with Gasteiger partial charge in [0.15, 0.2) is 11.1 Å². The van der Waals surface area contributed by atoms with E-state index in [9.17, 15) is 0 Å². The summed E-state index contributed by atoms with van der Waals surface area (Å²) in [7, 11) is 6.03. The Morgan fingerprint density at radius 3 is 2.62 bits per heavy atom. The van der Waals surface area contributed by atoms with Gasteiger partial charge in [0.2, 0.25) is 0 Å². The molecule has 1 N–H and O–H groups in total. The molecule has 0 unspecified atom stereocenters. The summed E-state index contributed by atoms with van der Waals surface area (Å²) >= 11 is 1.63. The minimum Gasteiger partial charge on any atom is -0.357 e. The molecule has 0 atom stereocenters. The van der Waals surface area contributed by atoms with E-state index in [-0.39, 0.29) is 24.0 Å². The van der Waals surface area contributed by atoms with Crippen molar-refractivity contribution >= 4 is 46.4 Å². The van der Waals surface area contributed by atoms with Crippen molar-refractivity contribution in [1.82, 2.24) is 25.0 Å². The van der Waals surface area contributed by atoms with Gasteiger partial charge in [-0.3, -0.25) is 0 Å². The van der Waals surface area contributed by atoms with E-state index in [0.29, 0.717) is 6.54 Å². The van der Waals surface area contributed by atoms with Crippen molar-refractivity contribution < 1.29 is 0 Å².